The van der Waals surface area contributed by atoms with Gasteiger partial charge in [0.2, 0.25) is 0 Å². The SMILES string of the molecule is CC(C)N(CCCl)Cc1ccc(I)cc1. The summed E-state index contributed by atoms with van der Waals surface area (Å²) in [5, 5.41) is 0. The van der Waals surface area contributed by atoms with Crippen LogP contribution < -0.4 is 0 Å². The maximum atomic E-state index is 5.79. The third-order valence-corrected chi connectivity index (χ3v) is 3.29. The van der Waals surface area contributed by atoms with E-state index < -0.39 is 0 Å². The van der Waals surface area contributed by atoms with Gasteiger partial charge in [-0.05, 0) is 54.1 Å². The van der Waals surface area contributed by atoms with E-state index in [1.807, 2.05) is 0 Å². The Morgan fingerprint density at radius 3 is 2.33 bits per heavy atom. The van der Waals surface area contributed by atoms with Crippen LogP contribution in [-0.2, 0) is 6.54 Å². The van der Waals surface area contributed by atoms with E-state index in [1.54, 1.807) is 0 Å². The van der Waals surface area contributed by atoms with E-state index in [0.29, 0.717) is 11.9 Å². The van der Waals surface area contributed by atoms with Crippen LogP contribution in [0.3, 0.4) is 0 Å². The lowest BCUT2D eigenvalue weighted by atomic mass is 10.2. The van der Waals surface area contributed by atoms with Crippen molar-refractivity contribution in [3.63, 3.8) is 0 Å². The summed E-state index contributed by atoms with van der Waals surface area (Å²) in [5.41, 5.74) is 1.36. The molecule has 0 unspecified atom stereocenters. The van der Waals surface area contributed by atoms with E-state index in [4.69, 9.17) is 11.6 Å². The van der Waals surface area contributed by atoms with Crippen LogP contribution in [0.5, 0.6) is 0 Å². The second-order valence-corrected chi connectivity index (χ2v) is 5.50. The normalized spacial score (nSPS) is 11.3. The maximum absolute atomic E-state index is 5.79. The Hall–Kier alpha value is 0.200. The van der Waals surface area contributed by atoms with Crippen molar-refractivity contribution < 1.29 is 0 Å². The first-order chi connectivity index (χ1) is 7.13. The van der Waals surface area contributed by atoms with Crippen LogP contribution in [0.1, 0.15) is 19.4 Å². The van der Waals surface area contributed by atoms with Crippen LogP contribution in [-0.4, -0.2) is 23.4 Å². The first-order valence-electron chi connectivity index (χ1n) is 5.18. The summed E-state index contributed by atoms with van der Waals surface area (Å²) in [7, 11) is 0. The highest BCUT2D eigenvalue weighted by atomic mass is 127. The molecule has 3 heteroatoms. The van der Waals surface area contributed by atoms with Gasteiger partial charge in [-0.15, -0.1) is 11.6 Å². The van der Waals surface area contributed by atoms with Gasteiger partial charge in [0.1, 0.15) is 0 Å². The molecule has 0 aliphatic rings. The Kier molecular flexibility index (Phi) is 5.94. The second kappa shape index (κ2) is 6.71. The minimum Gasteiger partial charge on any atom is -0.296 e. The lowest BCUT2D eigenvalue weighted by molar-refractivity contribution is 0.226. The fourth-order valence-corrected chi connectivity index (χ4v) is 2.03. The Morgan fingerprint density at radius 1 is 1.27 bits per heavy atom. The van der Waals surface area contributed by atoms with Gasteiger partial charge in [-0.2, -0.15) is 0 Å². The Balaban J connectivity index is 2.61. The van der Waals surface area contributed by atoms with Gasteiger partial charge in [-0.25, -0.2) is 0 Å². The third kappa shape index (κ3) is 4.70. The minimum absolute atomic E-state index is 0.544. The van der Waals surface area contributed by atoms with E-state index in [-0.39, 0.29) is 0 Å². The van der Waals surface area contributed by atoms with Gasteiger partial charge in [0, 0.05) is 28.6 Å². The molecule has 0 amide bonds. The zero-order valence-electron chi connectivity index (χ0n) is 9.21. The molecule has 0 N–H and O–H groups in total. The van der Waals surface area contributed by atoms with Crippen molar-refractivity contribution in [2.45, 2.75) is 26.4 Å². The molecule has 0 aromatic heterocycles. The van der Waals surface area contributed by atoms with Gasteiger partial charge >= 0.3 is 0 Å². The summed E-state index contributed by atoms with van der Waals surface area (Å²) < 4.78 is 1.28. The van der Waals surface area contributed by atoms with E-state index in [0.717, 1.165) is 13.1 Å². The van der Waals surface area contributed by atoms with Crippen LogP contribution in [0.4, 0.5) is 0 Å². The molecule has 0 saturated heterocycles. The van der Waals surface area contributed by atoms with Crippen molar-refractivity contribution in [2.24, 2.45) is 0 Å². The van der Waals surface area contributed by atoms with Crippen molar-refractivity contribution in [1.29, 1.82) is 0 Å². The molecule has 0 atom stereocenters. The van der Waals surface area contributed by atoms with E-state index in [1.165, 1.54) is 9.13 Å². The number of benzene rings is 1. The second-order valence-electron chi connectivity index (χ2n) is 3.88. The molecule has 0 fully saturated rings. The van der Waals surface area contributed by atoms with Crippen LogP contribution in [0.15, 0.2) is 24.3 Å². The Bertz CT molecular complexity index is 284. The van der Waals surface area contributed by atoms with Crippen molar-refractivity contribution in [3.8, 4) is 0 Å². The van der Waals surface area contributed by atoms with Crippen molar-refractivity contribution in [2.75, 3.05) is 12.4 Å². The summed E-state index contributed by atoms with van der Waals surface area (Å²) in [5.74, 6) is 0.697. The van der Waals surface area contributed by atoms with Gasteiger partial charge < -0.3 is 0 Å². The fraction of sp³-hybridized carbons (Fsp3) is 0.500. The molecule has 1 aromatic carbocycles. The molecule has 1 rings (SSSR count). The first-order valence-corrected chi connectivity index (χ1v) is 6.79. The molecule has 0 heterocycles. The first kappa shape index (κ1) is 13.3. The van der Waals surface area contributed by atoms with Gasteiger partial charge in [-0.1, -0.05) is 12.1 Å². The molecular weight excluding hydrogens is 320 g/mol. The highest BCUT2D eigenvalue weighted by molar-refractivity contribution is 14.1. The van der Waals surface area contributed by atoms with Gasteiger partial charge in [0.05, 0.1) is 0 Å². The van der Waals surface area contributed by atoms with Gasteiger partial charge in [-0.3, -0.25) is 4.90 Å². The topological polar surface area (TPSA) is 3.24 Å². The summed E-state index contributed by atoms with van der Waals surface area (Å²) in [6, 6.07) is 9.21. The molecule has 15 heavy (non-hydrogen) atoms. The van der Waals surface area contributed by atoms with E-state index in [9.17, 15) is 0 Å². The molecule has 0 spiro atoms. The lowest BCUT2D eigenvalue weighted by Gasteiger charge is -2.25. The largest absolute Gasteiger partial charge is 0.296 e. The summed E-state index contributed by atoms with van der Waals surface area (Å²) in [4.78, 5) is 2.38. The number of rotatable bonds is 5. The molecule has 1 aromatic rings. The van der Waals surface area contributed by atoms with Gasteiger partial charge in [0.25, 0.3) is 0 Å². The van der Waals surface area contributed by atoms with Crippen LogP contribution in [0.25, 0.3) is 0 Å². The summed E-state index contributed by atoms with van der Waals surface area (Å²) >= 11 is 8.11. The van der Waals surface area contributed by atoms with Crippen molar-refractivity contribution in [1.82, 2.24) is 4.90 Å². The summed E-state index contributed by atoms with van der Waals surface area (Å²) in [6.07, 6.45) is 0. The quantitative estimate of drug-likeness (QED) is 0.584. The fourth-order valence-electron chi connectivity index (χ4n) is 1.45. The average molecular weight is 338 g/mol. The Labute approximate surface area is 111 Å². The number of hydrogen-bond acceptors (Lipinski definition) is 1. The van der Waals surface area contributed by atoms with Crippen LogP contribution >= 0.6 is 34.2 Å². The van der Waals surface area contributed by atoms with E-state index >= 15 is 0 Å². The Morgan fingerprint density at radius 2 is 1.87 bits per heavy atom. The zero-order chi connectivity index (χ0) is 11.3. The summed E-state index contributed by atoms with van der Waals surface area (Å²) in [6.45, 7) is 6.35. The zero-order valence-corrected chi connectivity index (χ0v) is 12.1. The van der Waals surface area contributed by atoms with Crippen molar-refractivity contribution >= 4 is 34.2 Å². The molecule has 0 aliphatic carbocycles. The predicted octanol–water partition coefficient (Wildman–Crippen LogP) is 3.74. The molecule has 0 aliphatic heterocycles. The molecule has 0 radical (unpaired) electrons. The lowest BCUT2D eigenvalue weighted by Crippen LogP contribution is -2.32. The molecule has 84 valence electrons. The highest BCUT2D eigenvalue weighted by Gasteiger charge is 2.08. The molecular formula is C12H17ClIN. The van der Waals surface area contributed by atoms with Gasteiger partial charge in [0.15, 0.2) is 0 Å². The molecule has 0 saturated carbocycles. The number of halogens is 2. The average Bonchev–Trinajstić information content (AvgIpc) is 2.20. The van der Waals surface area contributed by atoms with Crippen molar-refractivity contribution in [3.05, 3.63) is 33.4 Å². The maximum Gasteiger partial charge on any atom is 0.0351 e. The monoisotopic (exact) mass is 337 g/mol. The molecule has 1 nitrogen and oxygen atoms in total. The van der Waals surface area contributed by atoms with Crippen LogP contribution in [0.2, 0.25) is 0 Å². The van der Waals surface area contributed by atoms with Crippen LogP contribution in [0, 0.1) is 3.57 Å². The standard InChI is InChI=1S/C12H17ClIN/c1-10(2)15(8-7-13)9-11-3-5-12(14)6-4-11/h3-6,10H,7-9H2,1-2H3. The number of alkyl halides is 1. The third-order valence-electron chi connectivity index (χ3n) is 2.40. The smallest absolute Gasteiger partial charge is 0.0351 e. The highest BCUT2D eigenvalue weighted by Crippen LogP contribution is 2.11. The number of hydrogen-bond donors (Lipinski definition) is 0. The molecule has 0 bridgehead atoms. The van der Waals surface area contributed by atoms with E-state index in [2.05, 4.69) is 65.6 Å². The minimum atomic E-state index is 0.544. The predicted molar refractivity (Wildman–Crippen MR) is 75.4 cm³/mol. The number of nitrogens with zero attached hydrogens (tertiary/aromatic N) is 1.